The molecule has 0 radical (unpaired) electrons. The molecule has 0 unspecified atom stereocenters. The van der Waals surface area contributed by atoms with E-state index < -0.39 is 0 Å². The maximum Gasteiger partial charge on any atom is 0.193 e. The molecule has 4 aromatic rings. The molecule has 1 aromatic heterocycles. The van der Waals surface area contributed by atoms with Crippen molar-refractivity contribution in [2.24, 2.45) is 0 Å². The molecule has 5 rings (SSSR count). The first-order valence-corrected chi connectivity index (χ1v) is 12.4. The maximum atomic E-state index is 12.6. The Labute approximate surface area is 220 Å². The Balaban J connectivity index is 1.22. The van der Waals surface area contributed by atoms with Crippen molar-refractivity contribution in [3.63, 3.8) is 0 Å². The molecule has 0 amide bonds. The van der Waals surface area contributed by atoms with Crippen molar-refractivity contribution in [2.75, 3.05) is 50.6 Å². The Morgan fingerprint density at radius 1 is 0.865 bits per heavy atom. The number of thiocarbonyl (C=S) groups is 1. The van der Waals surface area contributed by atoms with E-state index in [0.29, 0.717) is 27.7 Å². The van der Waals surface area contributed by atoms with Crippen LogP contribution in [0.5, 0.6) is 11.5 Å². The van der Waals surface area contributed by atoms with Crippen LogP contribution in [0.3, 0.4) is 0 Å². The number of hydrogen-bond donors (Lipinski definition) is 1. The van der Waals surface area contributed by atoms with Gasteiger partial charge in [0, 0.05) is 54.4 Å². The van der Waals surface area contributed by atoms with Gasteiger partial charge in [-0.2, -0.15) is 0 Å². The van der Waals surface area contributed by atoms with E-state index in [4.69, 9.17) is 21.7 Å². The third kappa shape index (κ3) is 5.17. The Morgan fingerprint density at radius 2 is 1.51 bits per heavy atom. The number of rotatable bonds is 6. The molecule has 9 heteroatoms. The summed E-state index contributed by atoms with van der Waals surface area (Å²) in [5, 5.41) is 4.87. The molecule has 1 aliphatic rings. The average molecular weight is 514 g/mol. The number of benzene rings is 3. The van der Waals surface area contributed by atoms with Crippen molar-refractivity contribution >= 4 is 45.5 Å². The zero-order chi connectivity index (χ0) is 25.8. The molecule has 1 fully saturated rings. The number of ether oxygens (including phenoxy) is 2. The van der Waals surface area contributed by atoms with Crippen LogP contribution in [0.15, 0.2) is 73.1 Å². The van der Waals surface area contributed by atoms with Crippen LogP contribution in [0.25, 0.3) is 10.9 Å². The highest BCUT2D eigenvalue weighted by Crippen LogP contribution is 2.35. The molecule has 188 valence electrons. The van der Waals surface area contributed by atoms with Gasteiger partial charge >= 0.3 is 0 Å². The fourth-order valence-corrected chi connectivity index (χ4v) is 4.71. The number of nitrogens with one attached hydrogen (secondary N) is 1. The Hall–Kier alpha value is -4.24. The second kappa shape index (κ2) is 10.8. The molecule has 8 nitrogen and oxygen atoms in total. The van der Waals surface area contributed by atoms with Crippen molar-refractivity contribution in [1.29, 1.82) is 0 Å². The number of methoxy groups -OCH3 is 2. The molecule has 1 aliphatic heterocycles. The van der Waals surface area contributed by atoms with Crippen LogP contribution in [0.1, 0.15) is 15.9 Å². The van der Waals surface area contributed by atoms with Crippen LogP contribution in [-0.2, 0) is 0 Å². The lowest BCUT2D eigenvalue weighted by Crippen LogP contribution is -2.50. The molecular weight excluding hydrogens is 486 g/mol. The predicted molar refractivity (Wildman–Crippen MR) is 149 cm³/mol. The number of piperazine rings is 1. The zero-order valence-electron chi connectivity index (χ0n) is 20.7. The van der Waals surface area contributed by atoms with Gasteiger partial charge < -0.3 is 24.6 Å². The molecule has 0 spiro atoms. The summed E-state index contributed by atoms with van der Waals surface area (Å²) < 4.78 is 10.9. The highest BCUT2D eigenvalue weighted by atomic mass is 32.1. The molecule has 0 bridgehead atoms. The van der Waals surface area contributed by atoms with Crippen LogP contribution in [0.2, 0.25) is 0 Å². The lowest BCUT2D eigenvalue weighted by Gasteiger charge is -2.37. The second-order valence-electron chi connectivity index (χ2n) is 8.60. The molecule has 3 aromatic carbocycles. The summed E-state index contributed by atoms with van der Waals surface area (Å²) in [7, 11) is 3.23. The molecule has 2 heterocycles. The minimum absolute atomic E-state index is 0.000780. The summed E-state index contributed by atoms with van der Waals surface area (Å²) in [6, 6.07) is 20.5. The van der Waals surface area contributed by atoms with Crippen molar-refractivity contribution in [1.82, 2.24) is 14.9 Å². The number of hydrogen-bond acceptors (Lipinski definition) is 7. The van der Waals surface area contributed by atoms with E-state index in [1.165, 1.54) is 0 Å². The largest absolute Gasteiger partial charge is 0.493 e. The van der Waals surface area contributed by atoms with Crippen LogP contribution in [-0.4, -0.2) is 66.2 Å². The van der Waals surface area contributed by atoms with E-state index in [0.717, 1.165) is 48.6 Å². The Kier molecular flexibility index (Phi) is 7.14. The second-order valence-corrected chi connectivity index (χ2v) is 8.99. The fourth-order valence-electron chi connectivity index (χ4n) is 4.41. The van der Waals surface area contributed by atoms with Gasteiger partial charge in [-0.05, 0) is 42.5 Å². The summed E-state index contributed by atoms with van der Waals surface area (Å²) in [6.07, 6.45) is 1.58. The van der Waals surface area contributed by atoms with Gasteiger partial charge in [-0.3, -0.25) is 4.79 Å². The van der Waals surface area contributed by atoms with Gasteiger partial charge in [0.25, 0.3) is 0 Å². The summed E-state index contributed by atoms with van der Waals surface area (Å²) in [5.41, 5.74) is 2.96. The normalized spacial score (nSPS) is 13.4. The third-order valence-electron chi connectivity index (χ3n) is 6.42. The van der Waals surface area contributed by atoms with Gasteiger partial charge in [-0.25, -0.2) is 9.97 Å². The number of carbonyl (C=O) groups is 1. The van der Waals surface area contributed by atoms with Crippen LogP contribution >= 0.6 is 12.2 Å². The minimum Gasteiger partial charge on any atom is -0.493 e. The lowest BCUT2D eigenvalue weighted by atomic mass is 10.0. The van der Waals surface area contributed by atoms with Crippen molar-refractivity contribution in [2.45, 2.75) is 0 Å². The Bertz CT molecular complexity index is 1420. The van der Waals surface area contributed by atoms with Gasteiger partial charge in [0.1, 0.15) is 12.1 Å². The first-order valence-electron chi connectivity index (χ1n) is 11.9. The summed E-state index contributed by atoms with van der Waals surface area (Å²) >= 11 is 5.68. The SMILES string of the molecule is COc1cc2ncnc(N3CCN(C(=S)Nc4ccc(C(=O)c5ccccc5)cc4)CC3)c2cc1OC. The van der Waals surface area contributed by atoms with Gasteiger partial charge in [0.05, 0.1) is 19.7 Å². The standard InChI is InChI=1S/C28H27N5O3S/c1-35-24-16-22-23(17-25(24)36-2)29-18-30-27(22)32-12-14-33(15-13-32)28(37)31-21-10-8-20(9-11-21)26(34)19-6-4-3-5-7-19/h3-11,16-18H,12-15H2,1-2H3,(H,31,37). The fraction of sp³-hybridized carbons (Fsp3) is 0.214. The monoisotopic (exact) mass is 513 g/mol. The molecule has 0 atom stereocenters. The molecule has 1 N–H and O–H groups in total. The average Bonchev–Trinajstić information content (AvgIpc) is 2.96. The number of aromatic nitrogens is 2. The van der Waals surface area contributed by atoms with E-state index in [1.807, 2.05) is 66.7 Å². The number of carbonyl (C=O) groups excluding carboxylic acids is 1. The summed E-state index contributed by atoms with van der Waals surface area (Å²) in [5.74, 6) is 2.15. The first kappa shape index (κ1) is 24.5. The zero-order valence-corrected chi connectivity index (χ0v) is 21.5. The highest BCUT2D eigenvalue weighted by molar-refractivity contribution is 7.80. The number of nitrogens with zero attached hydrogens (tertiary/aromatic N) is 4. The van der Waals surface area contributed by atoms with E-state index in [2.05, 4.69) is 25.1 Å². The summed E-state index contributed by atoms with van der Waals surface area (Å²) in [4.78, 5) is 26.0. The topological polar surface area (TPSA) is 79.8 Å². The molecular formula is C28H27N5O3S. The molecule has 0 aliphatic carbocycles. The van der Waals surface area contributed by atoms with Gasteiger partial charge in [0.15, 0.2) is 22.4 Å². The Morgan fingerprint density at radius 3 is 2.19 bits per heavy atom. The smallest absolute Gasteiger partial charge is 0.193 e. The highest BCUT2D eigenvalue weighted by Gasteiger charge is 2.22. The van der Waals surface area contributed by atoms with Crippen LogP contribution in [0.4, 0.5) is 11.5 Å². The first-order chi connectivity index (χ1) is 18.1. The van der Waals surface area contributed by atoms with Crippen molar-refractivity contribution < 1.29 is 14.3 Å². The number of anilines is 2. The lowest BCUT2D eigenvalue weighted by molar-refractivity contribution is 0.103. The molecule has 1 saturated heterocycles. The van der Waals surface area contributed by atoms with E-state index >= 15 is 0 Å². The van der Waals surface area contributed by atoms with Gasteiger partial charge in [0.2, 0.25) is 0 Å². The van der Waals surface area contributed by atoms with E-state index in [-0.39, 0.29) is 5.78 Å². The minimum atomic E-state index is -0.000780. The predicted octanol–water partition coefficient (Wildman–Crippen LogP) is 4.40. The van der Waals surface area contributed by atoms with E-state index in [9.17, 15) is 4.79 Å². The third-order valence-corrected chi connectivity index (χ3v) is 6.78. The van der Waals surface area contributed by atoms with Gasteiger partial charge in [-0.15, -0.1) is 0 Å². The van der Waals surface area contributed by atoms with Crippen molar-refractivity contribution in [3.8, 4) is 11.5 Å². The van der Waals surface area contributed by atoms with E-state index in [1.54, 1.807) is 20.5 Å². The number of fused-ring (bicyclic) bond motifs is 1. The molecule has 37 heavy (non-hydrogen) atoms. The molecule has 0 saturated carbocycles. The number of ketones is 1. The summed E-state index contributed by atoms with van der Waals surface area (Å²) in [6.45, 7) is 3.00. The van der Waals surface area contributed by atoms with Crippen molar-refractivity contribution in [3.05, 3.63) is 84.2 Å². The quantitative estimate of drug-likeness (QED) is 0.298. The maximum absolute atomic E-state index is 12.6. The van der Waals surface area contributed by atoms with Crippen LogP contribution in [0, 0.1) is 0 Å². The van der Waals surface area contributed by atoms with Gasteiger partial charge in [-0.1, -0.05) is 30.3 Å². The van der Waals surface area contributed by atoms with Crippen LogP contribution < -0.4 is 19.7 Å².